The maximum atomic E-state index is 5.84. The Morgan fingerprint density at radius 1 is 1.45 bits per heavy atom. The zero-order valence-electron chi connectivity index (χ0n) is 12.6. The largest absolute Gasteiger partial charge is 0.370 e. The van der Waals surface area contributed by atoms with Gasteiger partial charge >= 0.3 is 0 Å². The van der Waals surface area contributed by atoms with E-state index in [4.69, 9.17) is 5.73 Å². The van der Waals surface area contributed by atoms with Crippen molar-refractivity contribution < 1.29 is 0 Å². The zero-order chi connectivity index (χ0) is 14.8. The lowest BCUT2D eigenvalue weighted by atomic mass is 10.1. The number of fused-ring (bicyclic) bond motifs is 1. The summed E-state index contributed by atoms with van der Waals surface area (Å²) in [4.78, 5) is 8.95. The molecule has 0 radical (unpaired) electrons. The highest BCUT2D eigenvalue weighted by molar-refractivity contribution is 5.78. The summed E-state index contributed by atoms with van der Waals surface area (Å²) in [6, 6.07) is 4.09. The summed E-state index contributed by atoms with van der Waals surface area (Å²) in [5.74, 6) is 0.484. The molecular formula is C15H23N5. The van der Waals surface area contributed by atoms with Crippen LogP contribution < -0.4 is 11.1 Å². The number of imidazole rings is 1. The van der Waals surface area contributed by atoms with Crippen molar-refractivity contribution in [2.24, 2.45) is 10.7 Å². The lowest BCUT2D eigenvalue weighted by Crippen LogP contribution is -2.45. The Morgan fingerprint density at radius 2 is 2.20 bits per heavy atom. The second-order valence-corrected chi connectivity index (χ2v) is 6.05. The average Bonchev–Trinajstić information content (AvgIpc) is 2.71. The number of rotatable bonds is 3. The van der Waals surface area contributed by atoms with Crippen LogP contribution in [0, 0.1) is 6.92 Å². The van der Waals surface area contributed by atoms with Crippen molar-refractivity contribution >= 4 is 11.6 Å². The van der Waals surface area contributed by atoms with Gasteiger partial charge in [0, 0.05) is 30.9 Å². The predicted molar refractivity (Wildman–Crippen MR) is 83.0 cm³/mol. The molecule has 3 N–H and O–H groups in total. The number of nitrogens with two attached hydrogens (primary N) is 1. The van der Waals surface area contributed by atoms with Crippen molar-refractivity contribution in [2.75, 3.05) is 6.54 Å². The normalized spacial score (nSPS) is 12.9. The summed E-state index contributed by atoms with van der Waals surface area (Å²) in [7, 11) is 0. The second kappa shape index (κ2) is 5.53. The fourth-order valence-electron chi connectivity index (χ4n) is 2.04. The van der Waals surface area contributed by atoms with Crippen LogP contribution in [0.1, 0.15) is 32.0 Å². The molecule has 2 heterocycles. The van der Waals surface area contributed by atoms with E-state index < -0.39 is 0 Å². The first-order chi connectivity index (χ1) is 9.35. The number of pyridine rings is 1. The molecule has 2 aromatic rings. The van der Waals surface area contributed by atoms with Crippen LogP contribution in [0.2, 0.25) is 0 Å². The smallest absolute Gasteiger partial charge is 0.188 e. The molecule has 0 aliphatic rings. The van der Waals surface area contributed by atoms with E-state index in [1.807, 2.05) is 22.9 Å². The molecule has 0 aromatic carbocycles. The SMILES string of the molecule is Cc1cccn2cc(CCN=C(N)NC(C)(C)C)nc12. The summed E-state index contributed by atoms with van der Waals surface area (Å²) in [5.41, 5.74) is 8.99. The van der Waals surface area contributed by atoms with Gasteiger partial charge in [-0.15, -0.1) is 0 Å². The van der Waals surface area contributed by atoms with Gasteiger partial charge in [-0.1, -0.05) is 6.07 Å². The Hall–Kier alpha value is -2.04. The molecule has 2 aromatic heterocycles. The first kappa shape index (κ1) is 14.4. The van der Waals surface area contributed by atoms with Gasteiger partial charge in [0.15, 0.2) is 5.96 Å². The maximum Gasteiger partial charge on any atom is 0.188 e. The molecule has 0 unspecified atom stereocenters. The van der Waals surface area contributed by atoms with Gasteiger partial charge in [0.05, 0.1) is 5.69 Å². The Bertz CT molecular complexity index is 619. The molecule has 20 heavy (non-hydrogen) atoms. The van der Waals surface area contributed by atoms with Crippen LogP contribution in [0.4, 0.5) is 0 Å². The number of aliphatic imine (C=N–C) groups is 1. The van der Waals surface area contributed by atoms with Gasteiger partial charge in [-0.3, -0.25) is 4.99 Å². The van der Waals surface area contributed by atoms with E-state index >= 15 is 0 Å². The monoisotopic (exact) mass is 273 g/mol. The summed E-state index contributed by atoms with van der Waals surface area (Å²) in [5, 5.41) is 3.14. The zero-order valence-corrected chi connectivity index (χ0v) is 12.6. The highest BCUT2D eigenvalue weighted by Crippen LogP contribution is 2.10. The van der Waals surface area contributed by atoms with Crippen LogP contribution >= 0.6 is 0 Å². The number of hydrogen-bond donors (Lipinski definition) is 2. The van der Waals surface area contributed by atoms with Crippen LogP contribution in [0.3, 0.4) is 0 Å². The first-order valence-corrected chi connectivity index (χ1v) is 6.86. The standard InChI is InChI=1S/C15H23N5/c1-11-6-5-9-20-10-12(18-13(11)20)7-8-17-14(16)19-15(2,3)4/h5-6,9-10H,7-8H2,1-4H3,(H3,16,17,19). The molecule has 0 aliphatic carbocycles. The van der Waals surface area contributed by atoms with E-state index in [0.29, 0.717) is 12.5 Å². The highest BCUT2D eigenvalue weighted by atomic mass is 15.1. The molecule has 0 spiro atoms. The molecule has 0 bridgehead atoms. The van der Waals surface area contributed by atoms with E-state index in [0.717, 1.165) is 17.8 Å². The van der Waals surface area contributed by atoms with Crippen molar-refractivity contribution in [3.8, 4) is 0 Å². The van der Waals surface area contributed by atoms with Crippen LogP contribution in [0.15, 0.2) is 29.5 Å². The molecule has 108 valence electrons. The van der Waals surface area contributed by atoms with Gasteiger partial charge in [0.1, 0.15) is 5.65 Å². The van der Waals surface area contributed by atoms with Crippen molar-refractivity contribution in [3.05, 3.63) is 35.8 Å². The minimum atomic E-state index is -0.0617. The predicted octanol–water partition coefficient (Wildman–Crippen LogP) is 1.89. The number of nitrogens with one attached hydrogen (secondary N) is 1. The lowest BCUT2D eigenvalue weighted by Gasteiger charge is -2.20. The first-order valence-electron chi connectivity index (χ1n) is 6.86. The average molecular weight is 273 g/mol. The summed E-state index contributed by atoms with van der Waals surface area (Å²) in [6.07, 6.45) is 4.84. The summed E-state index contributed by atoms with van der Waals surface area (Å²) >= 11 is 0. The molecule has 0 saturated carbocycles. The minimum Gasteiger partial charge on any atom is -0.370 e. The third-order valence-electron chi connectivity index (χ3n) is 2.88. The van der Waals surface area contributed by atoms with Gasteiger partial charge in [-0.25, -0.2) is 4.98 Å². The topological polar surface area (TPSA) is 67.7 Å². The molecule has 5 nitrogen and oxygen atoms in total. The van der Waals surface area contributed by atoms with Gasteiger partial charge in [0.25, 0.3) is 0 Å². The highest BCUT2D eigenvalue weighted by Gasteiger charge is 2.09. The molecule has 0 amide bonds. The maximum absolute atomic E-state index is 5.84. The van der Waals surface area contributed by atoms with Crippen molar-refractivity contribution in [2.45, 2.75) is 39.7 Å². The lowest BCUT2D eigenvalue weighted by molar-refractivity contribution is 0.508. The Kier molecular flexibility index (Phi) is 3.97. The van der Waals surface area contributed by atoms with E-state index in [1.165, 1.54) is 5.56 Å². The Labute approximate surface area is 119 Å². The van der Waals surface area contributed by atoms with Crippen LogP contribution in [-0.4, -0.2) is 27.4 Å². The Balaban J connectivity index is 1.99. The van der Waals surface area contributed by atoms with Crippen LogP contribution in [0.25, 0.3) is 5.65 Å². The second-order valence-electron chi connectivity index (χ2n) is 6.05. The fraction of sp³-hybridized carbons (Fsp3) is 0.467. The molecule has 0 aliphatic heterocycles. The molecule has 5 heteroatoms. The number of nitrogens with zero attached hydrogens (tertiary/aromatic N) is 3. The van der Waals surface area contributed by atoms with Crippen LogP contribution in [0.5, 0.6) is 0 Å². The van der Waals surface area contributed by atoms with Gasteiger partial charge in [-0.2, -0.15) is 0 Å². The van der Waals surface area contributed by atoms with E-state index in [2.05, 4.69) is 49.1 Å². The molecule has 2 rings (SSSR count). The minimum absolute atomic E-state index is 0.0617. The van der Waals surface area contributed by atoms with Crippen molar-refractivity contribution in [1.29, 1.82) is 0 Å². The van der Waals surface area contributed by atoms with Gasteiger partial charge < -0.3 is 15.5 Å². The number of guanidine groups is 1. The number of aryl methyl sites for hydroxylation is 1. The summed E-state index contributed by atoms with van der Waals surface area (Å²) < 4.78 is 2.05. The van der Waals surface area contributed by atoms with E-state index in [1.54, 1.807) is 0 Å². The van der Waals surface area contributed by atoms with Gasteiger partial charge in [-0.05, 0) is 39.3 Å². The van der Waals surface area contributed by atoms with Gasteiger partial charge in [0.2, 0.25) is 0 Å². The van der Waals surface area contributed by atoms with E-state index in [-0.39, 0.29) is 5.54 Å². The fourth-order valence-corrected chi connectivity index (χ4v) is 2.04. The third kappa shape index (κ3) is 3.73. The third-order valence-corrected chi connectivity index (χ3v) is 2.88. The molecular weight excluding hydrogens is 250 g/mol. The Morgan fingerprint density at radius 3 is 2.85 bits per heavy atom. The van der Waals surface area contributed by atoms with Crippen molar-refractivity contribution in [1.82, 2.24) is 14.7 Å². The number of hydrogen-bond acceptors (Lipinski definition) is 2. The summed E-state index contributed by atoms with van der Waals surface area (Å²) in [6.45, 7) is 8.87. The van der Waals surface area contributed by atoms with Crippen LogP contribution in [-0.2, 0) is 6.42 Å². The van der Waals surface area contributed by atoms with E-state index in [9.17, 15) is 0 Å². The molecule has 0 atom stereocenters. The number of aromatic nitrogens is 2. The molecule has 0 fully saturated rings. The quantitative estimate of drug-likeness (QED) is 0.663. The molecule has 0 saturated heterocycles. The van der Waals surface area contributed by atoms with Crippen molar-refractivity contribution in [3.63, 3.8) is 0 Å².